The van der Waals surface area contributed by atoms with Gasteiger partial charge in [0.15, 0.2) is 5.78 Å². The Morgan fingerprint density at radius 3 is 2.28 bits per heavy atom. The van der Waals surface area contributed by atoms with Crippen molar-refractivity contribution in [3.8, 4) is 0 Å². The van der Waals surface area contributed by atoms with Crippen molar-refractivity contribution in [2.45, 2.75) is 6.92 Å². The van der Waals surface area contributed by atoms with Crippen LogP contribution >= 0.6 is 0 Å². The van der Waals surface area contributed by atoms with Crippen LogP contribution in [0.25, 0.3) is 0 Å². The standard InChI is InChI=1S/C21H19N3O/c1-16-10-12-17(13-11-16)19(25)15-21(23-18-7-3-2-4-8-18)24-20-9-5-6-14-22-20/h2-15,23H,1H3,(H,22,24)/b21-15-. The Balaban J connectivity index is 1.86. The van der Waals surface area contributed by atoms with Crippen LogP contribution in [-0.4, -0.2) is 10.8 Å². The summed E-state index contributed by atoms with van der Waals surface area (Å²) in [5.41, 5.74) is 2.64. The molecular weight excluding hydrogens is 310 g/mol. The minimum absolute atomic E-state index is 0.0816. The molecule has 2 N–H and O–H groups in total. The second kappa shape index (κ2) is 7.93. The maximum Gasteiger partial charge on any atom is 0.189 e. The summed E-state index contributed by atoms with van der Waals surface area (Å²) in [5.74, 6) is 1.14. The van der Waals surface area contributed by atoms with Crippen LogP contribution in [0.15, 0.2) is 90.9 Å². The molecule has 0 aliphatic rings. The van der Waals surface area contributed by atoms with E-state index in [1.807, 2.05) is 79.7 Å². The Morgan fingerprint density at radius 1 is 0.880 bits per heavy atom. The van der Waals surface area contributed by atoms with Crippen LogP contribution < -0.4 is 10.6 Å². The van der Waals surface area contributed by atoms with Gasteiger partial charge in [0.1, 0.15) is 11.6 Å². The molecule has 0 unspecified atom stereocenters. The summed E-state index contributed by atoms with van der Waals surface area (Å²) in [7, 11) is 0. The molecule has 0 bridgehead atoms. The second-order valence-corrected chi connectivity index (χ2v) is 5.62. The third-order valence-corrected chi connectivity index (χ3v) is 3.59. The summed E-state index contributed by atoms with van der Waals surface area (Å²) in [6.45, 7) is 2.00. The number of rotatable bonds is 6. The summed E-state index contributed by atoms with van der Waals surface area (Å²) in [6, 6.07) is 22.8. The summed E-state index contributed by atoms with van der Waals surface area (Å²) in [6.07, 6.45) is 3.25. The van der Waals surface area contributed by atoms with Crippen LogP contribution in [-0.2, 0) is 0 Å². The number of aromatic nitrogens is 1. The lowest BCUT2D eigenvalue weighted by Crippen LogP contribution is -2.13. The highest BCUT2D eigenvalue weighted by Crippen LogP contribution is 2.13. The zero-order chi connectivity index (χ0) is 17.5. The third kappa shape index (κ3) is 4.78. The molecule has 25 heavy (non-hydrogen) atoms. The zero-order valence-corrected chi connectivity index (χ0v) is 13.9. The fourth-order valence-corrected chi connectivity index (χ4v) is 2.29. The molecule has 0 saturated heterocycles. The first-order valence-electron chi connectivity index (χ1n) is 8.03. The van der Waals surface area contributed by atoms with Gasteiger partial charge in [0.05, 0.1) is 0 Å². The normalized spacial score (nSPS) is 11.0. The predicted molar refractivity (Wildman–Crippen MR) is 102 cm³/mol. The molecule has 0 amide bonds. The van der Waals surface area contributed by atoms with E-state index in [1.165, 1.54) is 0 Å². The van der Waals surface area contributed by atoms with Crippen LogP contribution in [0.2, 0.25) is 0 Å². The zero-order valence-electron chi connectivity index (χ0n) is 13.9. The van der Waals surface area contributed by atoms with Gasteiger partial charge in [-0.25, -0.2) is 4.98 Å². The number of nitrogens with zero attached hydrogens (tertiary/aromatic N) is 1. The van der Waals surface area contributed by atoms with Crippen molar-refractivity contribution in [2.75, 3.05) is 10.6 Å². The predicted octanol–water partition coefficient (Wildman–Crippen LogP) is 4.64. The maximum atomic E-state index is 12.6. The van der Waals surface area contributed by atoms with E-state index in [4.69, 9.17) is 0 Å². The SMILES string of the molecule is Cc1ccc(C(=O)/C=C(/Nc2ccccc2)Nc2ccccn2)cc1. The summed E-state index contributed by atoms with van der Waals surface area (Å²) < 4.78 is 0. The van der Waals surface area contributed by atoms with Crippen molar-refractivity contribution < 1.29 is 4.79 Å². The first-order valence-corrected chi connectivity index (χ1v) is 8.03. The Morgan fingerprint density at radius 2 is 1.60 bits per heavy atom. The fourth-order valence-electron chi connectivity index (χ4n) is 2.29. The van der Waals surface area contributed by atoms with Gasteiger partial charge in [-0.2, -0.15) is 0 Å². The van der Waals surface area contributed by atoms with Crippen LogP contribution in [0.3, 0.4) is 0 Å². The topological polar surface area (TPSA) is 54.0 Å². The van der Waals surface area contributed by atoms with Gasteiger partial charge >= 0.3 is 0 Å². The molecule has 4 nitrogen and oxygen atoms in total. The van der Waals surface area contributed by atoms with Crippen molar-refractivity contribution in [3.05, 3.63) is 102 Å². The molecule has 0 aliphatic heterocycles. The number of carbonyl (C=O) groups excluding carboxylic acids is 1. The number of carbonyl (C=O) groups is 1. The number of hydrogen-bond acceptors (Lipinski definition) is 4. The fraction of sp³-hybridized carbons (Fsp3) is 0.0476. The lowest BCUT2D eigenvalue weighted by atomic mass is 10.1. The van der Waals surface area contributed by atoms with E-state index in [9.17, 15) is 4.79 Å². The van der Waals surface area contributed by atoms with Gasteiger partial charge in [0.25, 0.3) is 0 Å². The largest absolute Gasteiger partial charge is 0.342 e. The molecule has 2 aromatic carbocycles. The molecule has 1 aromatic heterocycles. The smallest absolute Gasteiger partial charge is 0.189 e. The van der Waals surface area contributed by atoms with E-state index in [0.29, 0.717) is 17.2 Å². The number of pyridine rings is 1. The molecule has 0 atom stereocenters. The van der Waals surface area contributed by atoms with Gasteiger partial charge in [-0.05, 0) is 31.2 Å². The van der Waals surface area contributed by atoms with Crippen molar-refractivity contribution in [3.63, 3.8) is 0 Å². The lowest BCUT2D eigenvalue weighted by Gasteiger charge is -2.13. The van der Waals surface area contributed by atoms with Crippen LogP contribution in [0.5, 0.6) is 0 Å². The van der Waals surface area contributed by atoms with Gasteiger partial charge in [0.2, 0.25) is 0 Å². The van der Waals surface area contributed by atoms with Gasteiger partial charge in [-0.15, -0.1) is 0 Å². The molecule has 0 spiro atoms. The van der Waals surface area contributed by atoms with Crippen molar-refractivity contribution >= 4 is 17.3 Å². The molecule has 3 rings (SSSR count). The van der Waals surface area contributed by atoms with E-state index in [1.54, 1.807) is 12.3 Å². The maximum absolute atomic E-state index is 12.6. The summed E-state index contributed by atoms with van der Waals surface area (Å²) in [5, 5.41) is 6.39. The van der Waals surface area contributed by atoms with E-state index in [0.717, 1.165) is 11.3 Å². The van der Waals surface area contributed by atoms with Gasteiger partial charge in [-0.3, -0.25) is 4.79 Å². The minimum atomic E-state index is -0.0816. The lowest BCUT2D eigenvalue weighted by molar-refractivity contribution is 0.104. The van der Waals surface area contributed by atoms with Crippen LogP contribution in [0.1, 0.15) is 15.9 Å². The van der Waals surface area contributed by atoms with Crippen molar-refractivity contribution in [2.24, 2.45) is 0 Å². The highest BCUT2D eigenvalue weighted by atomic mass is 16.1. The molecule has 1 heterocycles. The summed E-state index contributed by atoms with van der Waals surface area (Å²) in [4.78, 5) is 16.8. The Kier molecular flexibility index (Phi) is 5.22. The van der Waals surface area contributed by atoms with E-state index in [-0.39, 0.29) is 5.78 Å². The number of nitrogens with one attached hydrogen (secondary N) is 2. The van der Waals surface area contributed by atoms with Crippen LogP contribution in [0, 0.1) is 6.92 Å². The van der Waals surface area contributed by atoms with E-state index in [2.05, 4.69) is 15.6 Å². The number of para-hydroxylation sites is 1. The second-order valence-electron chi connectivity index (χ2n) is 5.62. The molecule has 4 heteroatoms. The van der Waals surface area contributed by atoms with Gasteiger partial charge in [0, 0.05) is 23.5 Å². The average Bonchev–Trinajstić information content (AvgIpc) is 2.64. The van der Waals surface area contributed by atoms with Crippen LogP contribution in [0.4, 0.5) is 11.5 Å². The number of allylic oxidation sites excluding steroid dienone is 1. The minimum Gasteiger partial charge on any atom is -0.342 e. The highest BCUT2D eigenvalue weighted by Gasteiger charge is 2.07. The molecule has 0 fully saturated rings. The quantitative estimate of drug-likeness (QED) is 0.511. The molecule has 3 aromatic rings. The number of hydrogen-bond donors (Lipinski definition) is 2. The third-order valence-electron chi connectivity index (χ3n) is 3.59. The average molecular weight is 329 g/mol. The molecule has 0 radical (unpaired) electrons. The first kappa shape index (κ1) is 16.5. The van der Waals surface area contributed by atoms with E-state index < -0.39 is 0 Å². The first-order chi connectivity index (χ1) is 12.2. The monoisotopic (exact) mass is 329 g/mol. The Labute approximate surface area is 147 Å². The van der Waals surface area contributed by atoms with E-state index >= 15 is 0 Å². The number of benzene rings is 2. The number of anilines is 2. The van der Waals surface area contributed by atoms with Crippen molar-refractivity contribution in [1.82, 2.24) is 4.98 Å². The molecule has 0 saturated carbocycles. The Hall–Kier alpha value is -3.40. The molecular formula is C21H19N3O. The summed E-state index contributed by atoms with van der Waals surface area (Å²) >= 11 is 0. The number of aryl methyl sites for hydroxylation is 1. The Bertz CT molecular complexity index is 813. The van der Waals surface area contributed by atoms with Gasteiger partial charge in [-0.1, -0.05) is 54.1 Å². The number of ketones is 1. The molecule has 124 valence electrons. The molecule has 0 aliphatic carbocycles. The highest BCUT2D eigenvalue weighted by molar-refractivity contribution is 6.05. The van der Waals surface area contributed by atoms with Gasteiger partial charge < -0.3 is 10.6 Å². The van der Waals surface area contributed by atoms with Crippen molar-refractivity contribution in [1.29, 1.82) is 0 Å².